The number of ether oxygens (including phenoxy) is 1. The molecule has 0 radical (unpaired) electrons. The van der Waals surface area contributed by atoms with Crippen LogP contribution in [0.25, 0.3) is 0 Å². The summed E-state index contributed by atoms with van der Waals surface area (Å²) in [7, 11) is 1.65. The summed E-state index contributed by atoms with van der Waals surface area (Å²) in [5.41, 5.74) is 2.23. The Bertz CT molecular complexity index is 721. The van der Waals surface area contributed by atoms with Crippen LogP contribution in [0, 0.1) is 0 Å². The third kappa shape index (κ3) is 3.88. The average Bonchev–Trinajstić information content (AvgIpc) is 2.90. The zero-order valence-electron chi connectivity index (χ0n) is 14.3. The molecule has 0 unspecified atom stereocenters. The number of carbonyl (C=O) groups is 2. The molecule has 1 aliphatic heterocycles. The number of imide groups is 1. The first-order chi connectivity index (χ1) is 12.2. The van der Waals surface area contributed by atoms with Gasteiger partial charge in [0.2, 0.25) is 0 Å². The van der Waals surface area contributed by atoms with Gasteiger partial charge in [0.05, 0.1) is 18.2 Å². The topological polar surface area (TPSA) is 58.6 Å². The normalized spacial score (nSPS) is 13.2. The summed E-state index contributed by atoms with van der Waals surface area (Å²) in [6.45, 7) is 2.10. The predicted molar refractivity (Wildman–Crippen MR) is 95.7 cm³/mol. The molecule has 3 rings (SSSR count). The number of methoxy groups -OCH3 is 1. The van der Waals surface area contributed by atoms with Crippen LogP contribution >= 0.6 is 0 Å². The van der Waals surface area contributed by atoms with Crippen LogP contribution in [0.15, 0.2) is 48.5 Å². The second-order valence-corrected chi connectivity index (χ2v) is 6.04. The third-order valence-electron chi connectivity index (χ3n) is 4.35. The quantitative estimate of drug-likeness (QED) is 0.594. The van der Waals surface area contributed by atoms with E-state index >= 15 is 0 Å². The Morgan fingerprint density at radius 2 is 1.56 bits per heavy atom. The first kappa shape index (κ1) is 17.2. The maximum atomic E-state index is 12.2. The Kier molecular flexibility index (Phi) is 5.46. The zero-order valence-corrected chi connectivity index (χ0v) is 14.3. The summed E-state index contributed by atoms with van der Waals surface area (Å²) < 4.78 is 5.14. The van der Waals surface area contributed by atoms with Crippen molar-refractivity contribution in [3.05, 3.63) is 65.2 Å². The van der Waals surface area contributed by atoms with E-state index in [1.165, 1.54) is 10.5 Å². The number of nitrogens with one attached hydrogen (secondary N) is 1. The molecule has 25 heavy (non-hydrogen) atoms. The molecule has 0 aliphatic carbocycles. The van der Waals surface area contributed by atoms with Crippen molar-refractivity contribution in [1.82, 2.24) is 10.2 Å². The molecule has 0 saturated carbocycles. The summed E-state index contributed by atoms with van der Waals surface area (Å²) in [5, 5.41) is 3.37. The summed E-state index contributed by atoms with van der Waals surface area (Å²) in [5.74, 6) is 0.503. The number of rotatable bonds is 8. The van der Waals surface area contributed by atoms with E-state index in [9.17, 15) is 9.59 Å². The molecule has 130 valence electrons. The fourth-order valence-corrected chi connectivity index (χ4v) is 2.94. The molecule has 1 N–H and O–H groups in total. The minimum Gasteiger partial charge on any atom is -0.497 e. The third-order valence-corrected chi connectivity index (χ3v) is 4.35. The minimum absolute atomic E-state index is 0.174. The van der Waals surface area contributed by atoms with Crippen LogP contribution in [-0.4, -0.2) is 36.9 Å². The van der Waals surface area contributed by atoms with Gasteiger partial charge in [-0.05, 0) is 49.2 Å². The van der Waals surface area contributed by atoms with Crippen LogP contribution in [0.2, 0.25) is 0 Å². The van der Waals surface area contributed by atoms with E-state index in [1.807, 2.05) is 24.3 Å². The molecular formula is C20H22N2O3. The van der Waals surface area contributed by atoms with Crippen molar-refractivity contribution >= 4 is 11.8 Å². The highest BCUT2D eigenvalue weighted by molar-refractivity contribution is 6.21. The van der Waals surface area contributed by atoms with Crippen molar-refractivity contribution in [3.8, 4) is 5.75 Å². The van der Waals surface area contributed by atoms with Gasteiger partial charge in [-0.3, -0.25) is 14.5 Å². The van der Waals surface area contributed by atoms with E-state index in [1.54, 1.807) is 31.4 Å². The van der Waals surface area contributed by atoms with E-state index in [2.05, 4.69) is 5.32 Å². The molecule has 2 amide bonds. The summed E-state index contributed by atoms with van der Waals surface area (Å²) in [4.78, 5) is 25.8. The molecule has 0 bridgehead atoms. The number of unbranched alkanes of at least 4 members (excludes halogenated alkanes) is 1. The maximum absolute atomic E-state index is 12.2. The van der Waals surface area contributed by atoms with Gasteiger partial charge in [0.1, 0.15) is 5.75 Å². The lowest BCUT2D eigenvalue weighted by Crippen LogP contribution is -2.31. The Labute approximate surface area is 147 Å². The standard InChI is InChI=1S/C20H22N2O3/c1-25-16-10-8-15(9-11-16)14-21-12-4-5-13-22-19(23)17-6-2-3-7-18(17)20(22)24/h2-3,6-11,21H,4-5,12-14H2,1H3. The second kappa shape index (κ2) is 7.94. The van der Waals surface area contributed by atoms with E-state index < -0.39 is 0 Å². The van der Waals surface area contributed by atoms with Crippen LogP contribution in [0.3, 0.4) is 0 Å². The molecular weight excluding hydrogens is 316 g/mol. The van der Waals surface area contributed by atoms with Crippen LogP contribution in [0.1, 0.15) is 39.1 Å². The summed E-state index contributed by atoms with van der Waals surface area (Å²) in [6.07, 6.45) is 1.70. The molecule has 5 heteroatoms. The number of carbonyl (C=O) groups excluding carboxylic acids is 2. The van der Waals surface area contributed by atoms with Gasteiger partial charge >= 0.3 is 0 Å². The lowest BCUT2D eigenvalue weighted by molar-refractivity contribution is 0.0651. The van der Waals surface area contributed by atoms with Crippen molar-refractivity contribution in [2.24, 2.45) is 0 Å². The van der Waals surface area contributed by atoms with Crippen molar-refractivity contribution < 1.29 is 14.3 Å². The Morgan fingerprint density at radius 3 is 2.16 bits per heavy atom. The van der Waals surface area contributed by atoms with Crippen LogP contribution < -0.4 is 10.1 Å². The molecule has 0 aromatic heterocycles. The first-order valence-electron chi connectivity index (χ1n) is 8.49. The largest absolute Gasteiger partial charge is 0.497 e. The van der Waals surface area contributed by atoms with Gasteiger partial charge in [0.25, 0.3) is 11.8 Å². The lowest BCUT2D eigenvalue weighted by Gasteiger charge is -2.13. The van der Waals surface area contributed by atoms with Gasteiger partial charge in [0.15, 0.2) is 0 Å². The Hall–Kier alpha value is -2.66. The molecule has 5 nitrogen and oxygen atoms in total. The highest BCUT2D eigenvalue weighted by Gasteiger charge is 2.34. The highest BCUT2D eigenvalue weighted by atomic mass is 16.5. The van der Waals surface area contributed by atoms with Crippen LogP contribution in [0.4, 0.5) is 0 Å². The molecule has 1 heterocycles. The van der Waals surface area contributed by atoms with Gasteiger partial charge in [-0.2, -0.15) is 0 Å². The summed E-state index contributed by atoms with van der Waals surface area (Å²) >= 11 is 0. The van der Waals surface area contributed by atoms with E-state index in [0.29, 0.717) is 17.7 Å². The highest BCUT2D eigenvalue weighted by Crippen LogP contribution is 2.22. The van der Waals surface area contributed by atoms with Crippen molar-refractivity contribution in [3.63, 3.8) is 0 Å². The molecule has 1 aliphatic rings. The van der Waals surface area contributed by atoms with E-state index in [0.717, 1.165) is 31.7 Å². The van der Waals surface area contributed by atoms with Crippen molar-refractivity contribution in [2.45, 2.75) is 19.4 Å². The zero-order chi connectivity index (χ0) is 17.6. The van der Waals surface area contributed by atoms with Gasteiger partial charge < -0.3 is 10.1 Å². The van der Waals surface area contributed by atoms with Crippen molar-refractivity contribution in [2.75, 3.05) is 20.2 Å². The summed E-state index contributed by atoms with van der Waals surface area (Å²) in [6, 6.07) is 15.0. The minimum atomic E-state index is -0.174. The van der Waals surface area contributed by atoms with Crippen LogP contribution in [-0.2, 0) is 6.54 Å². The SMILES string of the molecule is COc1ccc(CNCCCCN2C(=O)c3ccccc3C2=O)cc1. The van der Waals surface area contributed by atoms with Crippen molar-refractivity contribution in [1.29, 1.82) is 0 Å². The molecule has 0 fully saturated rings. The monoisotopic (exact) mass is 338 g/mol. The number of amides is 2. The Morgan fingerprint density at radius 1 is 0.920 bits per heavy atom. The number of hydrogen-bond donors (Lipinski definition) is 1. The molecule has 0 atom stereocenters. The number of nitrogens with zero attached hydrogens (tertiary/aromatic N) is 1. The van der Waals surface area contributed by atoms with Gasteiger partial charge in [-0.1, -0.05) is 24.3 Å². The lowest BCUT2D eigenvalue weighted by atomic mass is 10.1. The van der Waals surface area contributed by atoms with Gasteiger partial charge in [0, 0.05) is 13.1 Å². The van der Waals surface area contributed by atoms with E-state index in [4.69, 9.17) is 4.74 Å². The fourth-order valence-electron chi connectivity index (χ4n) is 2.94. The molecule has 2 aromatic carbocycles. The fraction of sp³-hybridized carbons (Fsp3) is 0.300. The smallest absolute Gasteiger partial charge is 0.261 e. The first-order valence-corrected chi connectivity index (χ1v) is 8.49. The Balaban J connectivity index is 1.38. The molecule has 0 saturated heterocycles. The van der Waals surface area contributed by atoms with Gasteiger partial charge in [-0.25, -0.2) is 0 Å². The van der Waals surface area contributed by atoms with E-state index in [-0.39, 0.29) is 11.8 Å². The second-order valence-electron chi connectivity index (χ2n) is 6.04. The van der Waals surface area contributed by atoms with Crippen LogP contribution in [0.5, 0.6) is 5.75 Å². The number of hydrogen-bond acceptors (Lipinski definition) is 4. The molecule has 0 spiro atoms. The number of benzene rings is 2. The predicted octanol–water partition coefficient (Wildman–Crippen LogP) is 2.86. The molecule has 2 aromatic rings. The average molecular weight is 338 g/mol. The number of fused-ring (bicyclic) bond motifs is 1. The maximum Gasteiger partial charge on any atom is 0.261 e. The van der Waals surface area contributed by atoms with Gasteiger partial charge in [-0.15, -0.1) is 0 Å².